The second-order valence-corrected chi connectivity index (χ2v) is 8.41. The van der Waals surface area contributed by atoms with E-state index >= 15 is 0 Å². The van der Waals surface area contributed by atoms with E-state index in [0.29, 0.717) is 28.1 Å². The van der Waals surface area contributed by atoms with Gasteiger partial charge in [-0.2, -0.15) is 0 Å². The zero-order chi connectivity index (χ0) is 20.8. The average Bonchev–Trinajstić information content (AvgIpc) is 3.02. The predicted octanol–water partition coefficient (Wildman–Crippen LogP) is 5.35. The van der Waals surface area contributed by atoms with Gasteiger partial charge in [0.1, 0.15) is 5.58 Å². The predicted molar refractivity (Wildman–Crippen MR) is 118 cm³/mol. The van der Waals surface area contributed by atoms with Crippen molar-refractivity contribution in [1.29, 1.82) is 0 Å². The molecule has 3 heterocycles. The Labute approximate surface area is 185 Å². The molecular weight excluding hydrogens is 468 g/mol. The first-order valence-electron chi connectivity index (χ1n) is 9.24. The molecule has 1 aliphatic rings. The van der Waals surface area contributed by atoms with Crippen LogP contribution in [0.4, 0.5) is 0 Å². The summed E-state index contributed by atoms with van der Waals surface area (Å²) in [5, 5.41) is 1.01. The van der Waals surface area contributed by atoms with E-state index in [0.717, 1.165) is 15.6 Å². The van der Waals surface area contributed by atoms with Crippen molar-refractivity contribution in [1.82, 2.24) is 9.88 Å². The number of nitrogens with zero attached hydrogens (tertiary/aromatic N) is 2. The molecule has 7 heteroatoms. The molecule has 0 fully saturated rings. The third-order valence-corrected chi connectivity index (χ3v) is 5.93. The number of amides is 1. The van der Waals surface area contributed by atoms with Crippen LogP contribution >= 0.6 is 27.5 Å². The van der Waals surface area contributed by atoms with Gasteiger partial charge in [0, 0.05) is 28.4 Å². The van der Waals surface area contributed by atoms with Gasteiger partial charge in [-0.1, -0.05) is 45.7 Å². The standard InChI is InChI=1S/C23H14BrClN2O3/c24-15-5-8-18-17(10-15)21(28)19-20(14-3-6-16(25)7-4-14)27(23(29)22(19)30-18)12-13-2-1-9-26-11-13/h1-11,20H,12H2. The van der Waals surface area contributed by atoms with Crippen molar-refractivity contribution < 1.29 is 9.21 Å². The van der Waals surface area contributed by atoms with Gasteiger partial charge in [-0.15, -0.1) is 0 Å². The molecule has 2 aromatic carbocycles. The van der Waals surface area contributed by atoms with Gasteiger partial charge in [0.2, 0.25) is 5.76 Å². The quantitative estimate of drug-likeness (QED) is 0.396. The lowest BCUT2D eigenvalue weighted by atomic mass is 9.98. The molecule has 0 aliphatic carbocycles. The maximum absolute atomic E-state index is 13.5. The monoisotopic (exact) mass is 480 g/mol. The van der Waals surface area contributed by atoms with Crippen LogP contribution < -0.4 is 5.43 Å². The number of rotatable bonds is 3. The fraction of sp³-hybridized carbons (Fsp3) is 0.0870. The van der Waals surface area contributed by atoms with Crippen molar-refractivity contribution in [3.05, 3.63) is 109 Å². The molecule has 1 atom stereocenters. The first-order chi connectivity index (χ1) is 14.5. The second kappa shape index (κ2) is 7.38. The normalized spacial score (nSPS) is 15.6. The van der Waals surface area contributed by atoms with Crippen molar-refractivity contribution in [2.75, 3.05) is 0 Å². The molecule has 0 saturated carbocycles. The van der Waals surface area contributed by atoms with E-state index in [1.54, 1.807) is 47.6 Å². The molecule has 30 heavy (non-hydrogen) atoms. The van der Waals surface area contributed by atoms with Crippen molar-refractivity contribution in [2.45, 2.75) is 12.6 Å². The topological polar surface area (TPSA) is 63.4 Å². The number of halogens is 2. The Bertz CT molecular complexity index is 1340. The maximum Gasteiger partial charge on any atom is 0.291 e. The van der Waals surface area contributed by atoms with Crippen LogP contribution in [-0.2, 0) is 6.54 Å². The van der Waals surface area contributed by atoms with Crippen LogP contribution in [0.15, 0.2) is 80.7 Å². The van der Waals surface area contributed by atoms with Gasteiger partial charge in [-0.3, -0.25) is 14.6 Å². The minimum Gasteiger partial charge on any atom is -0.450 e. The van der Waals surface area contributed by atoms with Gasteiger partial charge in [-0.25, -0.2) is 0 Å². The highest BCUT2D eigenvalue weighted by Crippen LogP contribution is 2.39. The summed E-state index contributed by atoms with van der Waals surface area (Å²) in [6, 6.07) is 15.5. The molecule has 0 radical (unpaired) electrons. The SMILES string of the molecule is O=C1c2oc3ccc(Br)cc3c(=O)c2C(c2ccc(Cl)cc2)N1Cc1cccnc1. The Morgan fingerprint density at radius 3 is 2.63 bits per heavy atom. The van der Waals surface area contributed by atoms with Gasteiger partial charge in [0.25, 0.3) is 5.91 Å². The molecule has 5 nitrogen and oxygen atoms in total. The summed E-state index contributed by atoms with van der Waals surface area (Å²) in [6.45, 7) is 0.295. The summed E-state index contributed by atoms with van der Waals surface area (Å²) in [5.41, 5.74) is 2.16. The van der Waals surface area contributed by atoms with E-state index < -0.39 is 6.04 Å². The zero-order valence-corrected chi connectivity index (χ0v) is 17.9. The fourth-order valence-corrected chi connectivity index (χ4v) is 4.32. The molecule has 0 N–H and O–H groups in total. The van der Waals surface area contributed by atoms with Crippen molar-refractivity contribution in [3.8, 4) is 0 Å². The molecule has 1 unspecified atom stereocenters. The minimum atomic E-state index is -0.579. The number of carbonyl (C=O) groups excluding carboxylic acids is 1. The Morgan fingerprint density at radius 2 is 1.90 bits per heavy atom. The number of hydrogen-bond acceptors (Lipinski definition) is 4. The summed E-state index contributed by atoms with van der Waals surface area (Å²) in [7, 11) is 0. The van der Waals surface area contributed by atoms with E-state index in [1.807, 2.05) is 24.3 Å². The number of pyridine rings is 1. The highest BCUT2D eigenvalue weighted by atomic mass is 79.9. The van der Waals surface area contributed by atoms with Crippen LogP contribution in [0.1, 0.15) is 33.3 Å². The molecular formula is C23H14BrClN2O3. The summed E-state index contributed by atoms with van der Waals surface area (Å²) < 4.78 is 6.71. The van der Waals surface area contributed by atoms with Gasteiger partial charge in [-0.05, 0) is 47.5 Å². The Balaban J connectivity index is 1.74. The largest absolute Gasteiger partial charge is 0.450 e. The molecule has 0 saturated heterocycles. The number of carbonyl (C=O) groups is 1. The lowest BCUT2D eigenvalue weighted by Crippen LogP contribution is -2.29. The first-order valence-corrected chi connectivity index (χ1v) is 10.4. The minimum absolute atomic E-state index is 0.0821. The first kappa shape index (κ1) is 19.0. The summed E-state index contributed by atoms with van der Waals surface area (Å²) >= 11 is 9.47. The summed E-state index contributed by atoms with van der Waals surface area (Å²) in [6.07, 6.45) is 3.38. The Hall–Kier alpha value is -2.96. The molecule has 5 rings (SSSR count). The van der Waals surface area contributed by atoms with Gasteiger partial charge >= 0.3 is 0 Å². The van der Waals surface area contributed by atoms with Crippen LogP contribution in [0.3, 0.4) is 0 Å². The van der Waals surface area contributed by atoms with E-state index in [4.69, 9.17) is 16.0 Å². The fourth-order valence-electron chi connectivity index (χ4n) is 3.84. The van der Waals surface area contributed by atoms with E-state index in [1.165, 1.54) is 0 Å². The van der Waals surface area contributed by atoms with Gasteiger partial charge in [0.15, 0.2) is 5.43 Å². The highest BCUT2D eigenvalue weighted by Gasteiger charge is 2.42. The molecule has 1 amide bonds. The van der Waals surface area contributed by atoms with E-state index in [-0.39, 0.29) is 17.1 Å². The lowest BCUT2D eigenvalue weighted by Gasteiger charge is -2.25. The number of fused-ring (bicyclic) bond motifs is 2. The molecule has 0 spiro atoms. The summed E-state index contributed by atoms with van der Waals surface area (Å²) in [5.74, 6) is -0.241. The van der Waals surface area contributed by atoms with Gasteiger partial charge < -0.3 is 9.32 Å². The highest BCUT2D eigenvalue weighted by molar-refractivity contribution is 9.10. The molecule has 0 bridgehead atoms. The molecule has 2 aromatic heterocycles. The van der Waals surface area contributed by atoms with Crippen LogP contribution in [-0.4, -0.2) is 15.8 Å². The number of aromatic nitrogens is 1. The molecule has 1 aliphatic heterocycles. The molecule has 4 aromatic rings. The third kappa shape index (κ3) is 3.13. The summed E-state index contributed by atoms with van der Waals surface area (Å²) in [4.78, 5) is 32.6. The van der Waals surface area contributed by atoms with Crippen LogP contribution in [0.25, 0.3) is 11.0 Å². The number of hydrogen-bond donors (Lipinski definition) is 0. The van der Waals surface area contributed by atoms with Crippen molar-refractivity contribution in [2.24, 2.45) is 0 Å². The van der Waals surface area contributed by atoms with Crippen LogP contribution in [0.5, 0.6) is 0 Å². The van der Waals surface area contributed by atoms with Crippen molar-refractivity contribution >= 4 is 44.4 Å². The Morgan fingerprint density at radius 1 is 1.10 bits per heavy atom. The zero-order valence-electron chi connectivity index (χ0n) is 15.5. The average molecular weight is 482 g/mol. The number of benzene rings is 2. The smallest absolute Gasteiger partial charge is 0.291 e. The Kier molecular flexibility index (Phi) is 4.68. The lowest BCUT2D eigenvalue weighted by molar-refractivity contribution is 0.0714. The second-order valence-electron chi connectivity index (χ2n) is 7.06. The molecule has 148 valence electrons. The van der Waals surface area contributed by atoms with Crippen LogP contribution in [0.2, 0.25) is 5.02 Å². The van der Waals surface area contributed by atoms with E-state index in [2.05, 4.69) is 20.9 Å². The van der Waals surface area contributed by atoms with Crippen molar-refractivity contribution in [3.63, 3.8) is 0 Å². The maximum atomic E-state index is 13.5. The van der Waals surface area contributed by atoms with E-state index in [9.17, 15) is 9.59 Å². The third-order valence-electron chi connectivity index (χ3n) is 5.19. The van der Waals surface area contributed by atoms with Gasteiger partial charge in [0.05, 0.1) is 17.0 Å². The van der Waals surface area contributed by atoms with Crippen LogP contribution in [0, 0.1) is 0 Å².